The Morgan fingerprint density at radius 3 is 1.76 bits per heavy atom. The molecule has 34 heavy (non-hydrogen) atoms. The molecule has 1 saturated carbocycles. The third-order valence-corrected chi connectivity index (χ3v) is 6.15. The summed E-state index contributed by atoms with van der Waals surface area (Å²) in [4.78, 5) is 0. The van der Waals surface area contributed by atoms with Gasteiger partial charge in [0.25, 0.3) is 0 Å². The number of rotatable bonds is 6. The summed E-state index contributed by atoms with van der Waals surface area (Å²) in [6, 6.07) is 38.0. The van der Waals surface area contributed by atoms with Gasteiger partial charge in [-0.3, -0.25) is 0 Å². The van der Waals surface area contributed by atoms with Crippen LogP contribution in [0.4, 0.5) is 22.7 Å². The number of hydrogen-bond donors (Lipinski definition) is 2. The molecule has 1 aliphatic rings. The lowest BCUT2D eigenvalue weighted by molar-refractivity contribution is 0.886. The number of anilines is 2. The second kappa shape index (κ2) is 10.7. The Kier molecular flexibility index (Phi) is 6.82. The highest BCUT2D eigenvalue weighted by molar-refractivity contribution is 5.92. The van der Waals surface area contributed by atoms with E-state index in [-0.39, 0.29) is 0 Å². The summed E-state index contributed by atoms with van der Waals surface area (Å²) in [6.45, 7) is 0. The van der Waals surface area contributed by atoms with Crippen LogP contribution in [0, 0.1) is 0 Å². The summed E-state index contributed by atoms with van der Waals surface area (Å²) < 4.78 is 2.46. The van der Waals surface area contributed by atoms with Crippen LogP contribution in [0.1, 0.15) is 25.7 Å². The van der Waals surface area contributed by atoms with Crippen LogP contribution in [0.15, 0.2) is 109 Å². The van der Waals surface area contributed by atoms with E-state index in [4.69, 9.17) is 0 Å². The van der Waals surface area contributed by atoms with Gasteiger partial charge in [0.05, 0.1) is 5.22 Å². The highest BCUT2D eigenvalue weighted by atomic mass is 15.0. The van der Waals surface area contributed by atoms with E-state index in [1.54, 1.807) is 0 Å². The second-order valence-electron chi connectivity index (χ2n) is 8.57. The smallest absolute Gasteiger partial charge is 0.220 e. The fourth-order valence-corrected chi connectivity index (χ4v) is 4.44. The predicted molar refractivity (Wildman–Crippen MR) is 146 cm³/mol. The molecule has 1 fully saturated rings. The Labute approximate surface area is 201 Å². The number of hydrogen-bond acceptors (Lipinski definition) is 2. The largest absolute Gasteiger partial charge is 0.361 e. The third kappa shape index (κ3) is 5.26. The van der Waals surface area contributed by atoms with Crippen molar-refractivity contribution in [1.82, 2.24) is 4.58 Å². The molecule has 0 heterocycles. The Bertz CT molecular complexity index is 1370. The van der Waals surface area contributed by atoms with Gasteiger partial charge in [-0.05, 0) is 48.4 Å². The molecular formula is C31H30N3+. The Morgan fingerprint density at radius 2 is 1.15 bits per heavy atom. The first-order valence-corrected chi connectivity index (χ1v) is 12.0. The molecule has 1 aliphatic carbocycles. The van der Waals surface area contributed by atoms with Gasteiger partial charge in [0, 0.05) is 54.8 Å². The van der Waals surface area contributed by atoms with Gasteiger partial charge in [0.1, 0.15) is 0 Å². The van der Waals surface area contributed by atoms with Crippen molar-refractivity contribution in [3.05, 3.63) is 120 Å². The van der Waals surface area contributed by atoms with Gasteiger partial charge in [0.15, 0.2) is 5.71 Å². The summed E-state index contributed by atoms with van der Waals surface area (Å²) in [7, 11) is 0. The van der Waals surface area contributed by atoms with Crippen molar-refractivity contribution in [3.8, 4) is 0 Å². The molecule has 168 valence electrons. The SMILES string of the molecule is C(Nc1ccccc1)=c1ccc(=CNc2ccccc2)c([N+](=C2CCCC2)c2ccccc2)c1. The van der Waals surface area contributed by atoms with Gasteiger partial charge in [-0.15, -0.1) is 0 Å². The first kappa shape index (κ1) is 21.7. The molecule has 5 rings (SSSR count). The van der Waals surface area contributed by atoms with Gasteiger partial charge in [-0.1, -0.05) is 60.7 Å². The summed E-state index contributed by atoms with van der Waals surface area (Å²) in [5.74, 6) is 0. The lowest BCUT2D eigenvalue weighted by Crippen LogP contribution is -2.24. The van der Waals surface area contributed by atoms with Crippen molar-refractivity contribution >= 4 is 40.9 Å². The first-order chi connectivity index (χ1) is 16.9. The van der Waals surface area contributed by atoms with Crippen molar-refractivity contribution in [1.29, 1.82) is 0 Å². The molecule has 0 amide bonds. The van der Waals surface area contributed by atoms with Gasteiger partial charge in [-0.25, -0.2) is 0 Å². The van der Waals surface area contributed by atoms with Crippen molar-refractivity contribution in [2.24, 2.45) is 0 Å². The first-order valence-electron chi connectivity index (χ1n) is 12.0. The van der Waals surface area contributed by atoms with Crippen LogP contribution >= 0.6 is 0 Å². The normalized spacial score (nSPS) is 14.3. The number of nitrogens with one attached hydrogen (secondary N) is 2. The van der Waals surface area contributed by atoms with Gasteiger partial charge >= 0.3 is 0 Å². The van der Waals surface area contributed by atoms with E-state index in [0.717, 1.165) is 34.7 Å². The molecular weight excluding hydrogens is 414 g/mol. The molecule has 2 N–H and O–H groups in total. The molecule has 4 aromatic rings. The zero-order chi connectivity index (χ0) is 23.0. The molecule has 0 aromatic heterocycles. The summed E-state index contributed by atoms with van der Waals surface area (Å²) in [6.07, 6.45) is 8.97. The fraction of sp³-hybridized carbons (Fsp3) is 0.129. The average molecular weight is 445 g/mol. The molecule has 3 heteroatoms. The van der Waals surface area contributed by atoms with E-state index in [2.05, 4.69) is 113 Å². The lowest BCUT2D eigenvalue weighted by atomic mass is 10.1. The monoisotopic (exact) mass is 444 g/mol. The zero-order valence-corrected chi connectivity index (χ0v) is 19.3. The zero-order valence-electron chi connectivity index (χ0n) is 19.3. The van der Waals surface area contributed by atoms with Gasteiger partial charge in [0.2, 0.25) is 11.4 Å². The Balaban J connectivity index is 1.64. The molecule has 0 spiro atoms. The average Bonchev–Trinajstić information content (AvgIpc) is 3.43. The number of nitrogens with zero attached hydrogens (tertiary/aromatic N) is 1. The summed E-state index contributed by atoms with van der Waals surface area (Å²) in [5, 5.41) is 9.22. The van der Waals surface area contributed by atoms with Gasteiger partial charge in [-0.2, -0.15) is 4.58 Å². The molecule has 0 atom stereocenters. The van der Waals surface area contributed by atoms with E-state index >= 15 is 0 Å². The maximum Gasteiger partial charge on any atom is 0.220 e. The third-order valence-electron chi connectivity index (χ3n) is 6.15. The van der Waals surface area contributed by atoms with E-state index in [1.165, 1.54) is 29.9 Å². The van der Waals surface area contributed by atoms with Crippen LogP contribution in [0.2, 0.25) is 0 Å². The van der Waals surface area contributed by atoms with E-state index in [1.807, 2.05) is 24.3 Å². The van der Waals surface area contributed by atoms with E-state index < -0.39 is 0 Å². The van der Waals surface area contributed by atoms with Crippen LogP contribution in [0.25, 0.3) is 12.4 Å². The van der Waals surface area contributed by atoms with Crippen LogP contribution in [0.5, 0.6) is 0 Å². The van der Waals surface area contributed by atoms with Crippen LogP contribution in [0.3, 0.4) is 0 Å². The predicted octanol–water partition coefficient (Wildman–Crippen LogP) is 6.24. The second-order valence-corrected chi connectivity index (χ2v) is 8.57. The van der Waals surface area contributed by atoms with Crippen molar-refractivity contribution in [2.75, 3.05) is 10.6 Å². The Morgan fingerprint density at radius 1 is 0.588 bits per heavy atom. The molecule has 0 radical (unpaired) electrons. The molecule has 4 aromatic carbocycles. The van der Waals surface area contributed by atoms with Crippen molar-refractivity contribution < 1.29 is 0 Å². The highest BCUT2D eigenvalue weighted by Gasteiger charge is 2.24. The molecule has 0 saturated heterocycles. The van der Waals surface area contributed by atoms with Gasteiger partial charge < -0.3 is 10.6 Å². The molecule has 0 bridgehead atoms. The van der Waals surface area contributed by atoms with E-state index in [0.29, 0.717) is 0 Å². The minimum atomic E-state index is 1.08. The molecule has 3 nitrogen and oxygen atoms in total. The maximum absolute atomic E-state index is 3.49. The lowest BCUT2D eigenvalue weighted by Gasteiger charge is -2.08. The fourth-order valence-electron chi connectivity index (χ4n) is 4.44. The summed E-state index contributed by atoms with van der Waals surface area (Å²) in [5.41, 5.74) is 6.04. The van der Waals surface area contributed by atoms with E-state index in [9.17, 15) is 0 Å². The van der Waals surface area contributed by atoms with Crippen LogP contribution in [-0.2, 0) is 0 Å². The number of benzene rings is 4. The molecule has 0 aliphatic heterocycles. The minimum absolute atomic E-state index is 1.08. The quantitative estimate of drug-likeness (QED) is 0.345. The van der Waals surface area contributed by atoms with Crippen LogP contribution < -0.4 is 25.6 Å². The maximum atomic E-state index is 3.49. The van der Waals surface area contributed by atoms with Crippen molar-refractivity contribution in [2.45, 2.75) is 25.7 Å². The van der Waals surface area contributed by atoms with Crippen molar-refractivity contribution in [3.63, 3.8) is 0 Å². The summed E-state index contributed by atoms with van der Waals surface area (Å²) >= 11 is 0. The topological polar surface area (TPSA) is 27.1 Å². The highest BCUT2D eigenvalue weighted by Crippen LogP contribution is 2.23. The molecule has 0 unspecified atom stereocenters. The van der Waals surface area contributed by atoms with Crippen LogP contribution in [-0.4, -0.2) is 5.71 Å². The number of para-hydroxylation sites is 3. The standard InChI is InChI=1S/C31H30N3/c1-4-12-27(13-5-1)32-23-25-20-21-26(24-33-28-14-6-2-7-15-28)31(22-25)34(30-18-10-11-19-30)29-16-8-3-9-17-29/h1-9,12-17,20-24,32-33H,10-11,18-19H2/q+1. The minimum Gasteiger partial charge on any atom is -0.361 e. The Hall–Kier alpha value is -4.11.